The van der Waals surface area contributed by atoms with Crippen molar-refractivity contribution in [2.45, 2.75) is 54.4 Å². The zero-order valence-corrected chi connectivity index (χ0v) is 14.9. The maximum absolute atomic E-state index is 9.27. The summed E-state index contributed by atoms with van der Waals surface area (Å²) in [5.74, 6) is 0. The van der Waals surface area contributed by atoms with Crippen LogP contribution < -0.4 is 0 Å². The first-order chi connectivity index (χ1) is 9.66. The molecule has 2 N–H and O–H groups in total. The van der Waals surface area contributed by atoms with Gasteiger partial charge in [0.2, 0.25) is 0 Å². The molecule has 0 aliphatic heterocycles. The third-order valence-corrected chi connectivity index (χ3v) is 4.16. The molecule has 0 aliphatic carbocycles. The highest BCUT2D eigenvalue weighted by atomic mass is 16.5. The fourth-order valence-electron chi connectivity index (χ4n) is 1.88. The van der Waals surface area contributed by atoms with Crippen LogP contribution in [-0.4, -0.2) is 49.9 Å². The van der Waals surface area contributed by atoms with E-state index in [9.17, 15) is 10.2 Å². The van der Waals surface area contributed by atoms with Crippen molar-refractivity contribution in [1.29, 1.82) is 0 Å². The van der Waals surface area contributed by atoms with Crippen molar-refractivity contribution in [3.05, 3.63) is 0 Å². The largest absolute Gasteiger partial charge is 0.396 e. The summed E-state index contributed by atoms with van der Waals surface area (Å²) in [6.07, 6.45) is 1.98. The highest BCUT2D eigenvalue weighted by Gasteiger charge is 2.29. The monoisotopic (exact) mass is 304 g/mol. The van der Waals surface area contributed by atoms with Gasteiger partial charge in [0.15, 0.2) is 0 Å². The Morgan fingerprint density at radius 1 is 0.667 bits per heavy atom. The summed E-state index contributed by atoms with van der Waals surface area (Å²) in [6, 6.07) is 0. The van der Waals surface area contributed by atoms with E-state index in [1.807, 2.05) is 27.7 Å². The lowest BCUT2D eigenvalue weighted by Gasteiger charge is -2.34. The predicted octanol–water partition coefficient (Wildman–Crippen LogP) is 2.86. The van der Waals surface area contributed by atoms with Crippen molar-refractivity contribution in [3.63, 3.8) is 0 Å². The van der Waals surface area contributed by atoms with Crippen LogP contribution in [0.2, 0.25) is 0 Å². The molecule has 0 heterocycles. The molecule has 0 aromatic heterocycles. The normalized spacial score (nSPS) is 13.7. The van der Waals surface area contributed by atoms with Crippen LogP contribution in [0.5, 0.6) is 0 Å². The lowest BCUT2D eigenvalue weighted by atomic mass is 9.84. The number of hydrogen-bond donors (Lipinski definition) is 2. The van der Waals surface area contributed by atoms with Gasteiger partial charge >= 0.3 is 0 Å². The Hall–Kier alpha value is -0.160. The molecule has 4 heteroatoms. The van der Waals surface area contributed by atoms with Crippen molar-refractivity contribution in [3.8, 4) is 0 Å². The number of ether oxygens (including phenoxy) is 2. The fraction of sp³-hybridized carbons (Fsp3) is 1.00. The Morgan fingerprint density at radius 3 is 1.24 bits per heavy atom. The van der Waals surface area contributed by atoms with E-state index in [0.29, 0.717) is 26.4 Å². The molecule has 0 rings (SSSR count). The van der Waals surface area contributed by atoms with Crippen LogP contribution in [0.3, 0.4) is 0 Å². The van der Waals surface area contributed by atoms with Gasteiger partial charge in [-0.05, 0) is 12.8 Å². The molecule has 0 radical (unpaired) electrons. The lowest BCUT2D eigenvalue weighted by molar-refractivity contribution is -0.0685. The molecule has 0 aromatic rings. The summed E-state index contributed by atoms with van der Waals surface area (Å²) in [7, 11) is 0. The molecular weight excluding hydrogens is 268 g/mol. The standard InChI is InChI=1S/C17H36O4/c1-7-17(8-2,13-20-11-15(3,4)9-18)14-21-12-16(5,6)10-19/h18-19H,7-14H2,1-6H3. The van der Waals surface area contributed by atoms with Gasteiger partial charge in [0.1, 0.15) is 0 Å². The molecule has 0 spiro atoms. The summed E-state index contributed by atoms with van der Waals surface area (Å²) in [6.45, 7) is 14.9. The van der Waals surface area contributed by atoms with E-state index < -0.39 is 0 Å². The van der Waals surface area contributed by atoms with E-state index in [-0.39, 0.29) is 29.5 Å². The van der Waals surface area contributed by atoms with Crippen LogP contribution in [0.15, 0.2) is 0 Å². The van der Waals surface area contributed by atoms with Crippen LogP contribution in [0, 0.1) is 16.2 Å². The SMILES string of the molecule is CCC(CC)(COCC(C)(C)CO)COCC(C)(C)CO. The molecule has 0 atom stereocenters. The Morgan fingerprint density at radius 2 is 1.00 bits per heavy atom. The minimum absolute atomic E-state index is 0.0110. The maximum atomic E-state index is 9.27. The summed E-state index contributed by atoms with van der Waals surface area (Å²) in [4.78, 5) is 0. The number of aliphatic hydroxyl groups is 2. The molecule has 0 aliphatic rings. The second kappa shape index (κ2) is 9.09. The number of hydrogen-bond acceptors (Lipinski definition) is 4. The van der Waals surface area contributed by atoms with Gasteiger partial charge in [-0.2, -0.15) is 0 Å². The third-order valence-electron chi connectivity index (χ3n) is 4.16. The predicted molar refractivity (Wildman–Crippen MR) is 86.4 cm³/mol. The van der Waals surface area contributed by atoms with Crippen molar-refractivity contribution in [2.24, 2.45) is 16.2 Å². The van der Waals surface area contributed by atoms with Crippen LogP contribution in [-0.2, 0) is 9.47 Å². The quantitative estimate of drug-likeness (QED) is 0.582. The van der Waals surface area contributed by atoms with E-state index in [0.717, 1.165) is 12.8 Å². The van der Waals surface area contributed by atoms with Gasteiger partial charge in [-0.1, -0.05) is 41.5 Å². The molecule has 0 saturated heterocycles. The second-order valence-corrected chi connectivity index (χ2v) is 7.84. The molecule has 128 valence electrons. The van der Waals surface area contributed by atoms with Crippen LogP contribution in [0.25, 0.3) is 0 Å². The smallest absolute Gasteiger partial charge is 0.0544 e. The van der Waals surface area contributed by atoms with E-state index in [2.05, 4.69) is 13.8 Å². The highest BCUT2D eigenvalue weighted by molar-refractivity contribution is 4.78. The molecule has 0 bridgehead atoms. The van der Waals surface area contributed by atoms with Gasteiger partial charge in [-0.15, -0.1) is 0 Å². The Labute approximate surface area is 130 Å². The van der Waals surface area contributed by atoms with Gasteiger partial charge in [-0.25, -0.2) is 0 Å². The Balaban J connectivity index is 4.36. The van der Waals surface area contributed by atoms with Gasteiger partial charge in [0.05, 0.1) is 39.6 Å². The molecule has 0 amide bonds. The van der Waals surface area contributed by atoms with Crippen molar-refractivity contribution < 1.29 is 19.7 Å². The topological polar surface area (TPSA) is 58.9 Å². The molecule has 21 heavy (non-hydrogen) atoms. The van der Waals surface area contributed by atoms with Gasteiger partial charge in [-0.3, -0.25) is 0 Å². The average Bonchev–Trinajstić information content (AvgIpc) is 2.45. The first kappa shape index (κ1) is 20.8. The van der Waals surface area contributed by atoms with Gasteiger partial charge < -0.3 is 19.7 Å². The summed E-state index contributed by atoms with van der Waals surface area (Å²) in [5.41, 5.74) is -0.392. The van der Waals surface area contributed by atoms with Crippen molar-refractivity contribution in [2.75, 3.05) is 39.6 Å². The lowest BCUT2D eigenvalue weighted by Crippen LogP contribution is -2.35. The average molecular weight is 304 g/mol. The van der Waals surface area contributed by atoms with Gasteiger partial charge in [0, 0.05) is 16.2 Å². The minimum Gasteiger partial charge on any atom is -0.396 e. The van der Waals surface area contributed by atoms with Crippen LogP contribution in [0.1, 0.15) is 54.4 Å². The van der Waals surface area contributed by atoms with E-state index in [1.165, 1.54) is 0 Å². The fourth-order valence-corrected chi connectivity index (χ4v) is 1.88. The van der Waals surface area contributed by atoms with Crippen molar-refractivity contribution in [1.82, 2.24) is 0 Å². The van der Waals surface area contributed by atoms with E-state index >= 15 is 0 Å². The third kappa shape index (κ3) is 8.15. The molecule has 0 saturated carbocycles. The van der Waals surface area contributed by atoms with E-state index in [4.69, 9.17) is 9.47 Å². The molecule has 0 fully saturated rings. The number of rotatable bonds is 12. The summed E-state index contributed by atoms with van der Waals surface area (Å²) >= 11 is 0. The zero-order chi connectivity index (χ0) is 16.6. The first-order valence-corrected chi connectivity index (χ1v) is 8.03. The molecule has 0 unspecified atom stereocenters. The zero-order valence-electron chi connectivity index (χ0n) is 14.9. The first-order valence-electron chi connectivity index (χ1n) is 8.03. The molecular formula is C17H36O4. The van der Waals surface area contributed by atoms with Gasteiger partial charge in [0.25, 0.3) is 0 Å². The van der Waals surface area contributed by atoms with Crippen LogP contribution in [0.4, 0.5) is 0 Å². The number of aliphatic hydroxyl groups excluding tert-OH is 2. The highest BCUT2D eigenvalue weighted by Crippen LogP contribution is 2.29. The van der Waals surface area contributed by atoms with E-state index in [1.54, 1.807) is 0 Å². The Kier molecular flexibility index (Phi) is 9.02. The Bertz CT molecular complexity index is 246. The van der Waals surface area contributed by atoms with Crippen molar-refractivity contribution >= 4 is 0 Å². The maximum Gasteiger partial charge on any atom is 0.0544 e. The minimum atomic E-state index is -0.201. The second-order valence-electron chi connectivity index (χ2n) is 7.84. The van der Waals surface area contributed by atoms with Crippen LogP contribution >= 0.6 is 0 Å². The summed E-state index contributed by atoms with van der Waals surface area (Å²) < 4.78 is 11.7. The molecule has 4 nitrogen and oxygen atoms in total. The molecule has 0 aromatic carbocycles. The summed E-state index contributed by atoms with van der Waals surface area (Å²) in [5, 5.41) is 18.5.